The summed E-state index contributed by atoms with van der Waals surface area (Å²) in [6.45, 7) is 4.46. The van der Waals surface area contributed by atoms with Gasteiger partial charge in [-0.15, -0.1) is 6.58 Å². The number of carbonyl (C=O) groups is 1. The van der Waals surface area contributed by atoms with Crippen LogP contribution in [0, 0.1) is 0 Å². The van der Waals surface area contributed by atoms with Gasteiger partial charge in [-0.3, -0.25) is 4.79 Å². The number of ketones is 1. The summed E-state index contributed by atoms with van der Waals surface area (Å²) in [6, 6.07) is 16.7. The van der Waals surface area contributed by atoms with Crippen molar-refractivity contribution >= 4 is 33.7 Å². The number of carbonyl (C=O) groups excluding carboxylic acids is 1. The van der Waals surface area contributed by atoms with E-state index in [-0.39, 0.29) is 11.3 Å². The van der Waals surface area contributed by atoms with Gasteiger partial charge in [-0.1, -0.05) is 42.5 Å². The number of hydrogen-bond donors (Lipinski definition) is 0. The van der Waals surface area contributed by atoms with Crippen molar-refractivity contribution in [2.45, 2.75) is 6.54 Å². The molecule has 0 amide bonds. The number of para-hydroxylation sites is 2. The molecule has 0 unspecified atom stereocenters. The molecule has 2 aromatic carbocycles. The van der Waals surface area contributed by atoms with Crippen molar-refractivity contribution < 1.29 is 9.21 Å². The van der Waals surface area contributed by atoms with Crippen molar-refractivity contribution in [3.05, 3.63) is 101 Å². The fourth-order valence-corrected chi connectivity index (χ4v) is 3.19. The van der Waals surface area contributed by atoms with E-state index < -0.39 is 5.63 Å². The largest absolute Gasteiger partial charge is 0.422 e. The minimum atomic E-state index is -0.627. The van der Waals surface area contributed by atoms with Crippen LogP contribution in [0.5, 0.6) is 0 Å². The van der Waals surface area contributed by atoms with Crippen LogP contribution in [0.4, 0.5) is 0 Å². The topological polar surface area (TPSA) is 52.2 Å². The van der Waals surface area contributed by atoms with Crippen LogP contribution in [-0.4, -0.2) is 10.4 Å². The molecule has 0 saturated carbocycles. The molecule has 2 heterocycles. The van der Waals surface area contributed by atoms with Gasteiger partial charge in [-0.05, 0) is 30.4 Å². The van der Waals surface area contributed by atoms with E-state index in [0.717, 1.165) is 21.9 Å². The molecule has 0 atom stereocenters. The normalized spacial score (nSPS) is 11.4. The fourth-order valence-electron chi connectivity index (χ4n) is 3.19. The second-order valence-electron chi connectivity index (χ2n) is 6.23. The van der Waals surface area contributed by atoms with Crippen molar-refractivity contribution in [1.82, 2.24) is 4.57 Å². The van der Waals surface area contributed by atoms with Gasteiger partial charge in [-0.25, -0.2) is 4.79 Å². The highest BCUT2D eigenvalue weighted by Crippen LogP contribution is 2.23. The predicted molar refractivity (Wildman–Crippen MR) is 108 cm³/mol. The number of allylic oxidation sites excluding steroid dienone is 2. The van der Waals surface area contributed by atoms with Crippen LogP contribution >= 0.6 is 0 Å². The van der Waals surface area contributed by atoms with Gasteiger partial charge in [0.2, 0.25) is 0 Å². The third-order valence-electron chi connectivity index (χ3n) is 4.47. The monoisotopic (exact) mass is 355 g/mol. The number of benzene rings is 2. The lowest BCUT2D eigenvalue weighted by molar-refractivity contribution is 0.104. The third-order valence-corrected chi connectivity index (χ3v) is 4.47. The Morgan fingerprint density at radius 1 is 1.11 bits per heavy atom. The molecular weight excluding hydrogens is 338 g/mol. The number of aromatic nitrogens is 1. The van der Waals surface area contributed by atoms with Gasteiger partial charge < -0.3 is 8.98 Å². The second-order valence-corrected chi connectivity index (χ2v) is 6.23. The van der Waals surface area contributed by atoms with E-state index in [1.165, 1.54) is 6.08 Å². The lowest BCUT2D eigenvalue weighted by atomic mass is 10.1. The predicted octanol–water partition coefficient (Wildman–Crippen LogP) is 4.83. The Bertz CT molecular complexity index is 1260. The summed E-state index contributed by atoms with van der Waals surface area (Å²) in [7, 11) is 0. The molecule has 4 aromatic rings. The highest BCUT2D eigenvalue weighted by atomic mass is 16.4. The lowest BCUT2D eigenvalue weighted by Crippen LogP contribution is -2.11. The van der Waals surface area contributed by atoms with Crippen molar-refractivity contribution in [2.75, 3.05) is 0 Å². The van der Waals surface area contributed by atoms with E-state index in [2.05, 4.69) is 11.1 Å². The van der Waals surface area contributed by atoms with Crippen molar-refractivity contribution in [1.29, 1.82) is 0 Å². The summed E-state index contributed by atoms with van der Waals surface area (Å²) in [5, 5.41) is 1.75. The Balaban J connectivity index is 1.72. The van der Waals surface area contributed by atoms with Crippen molar-refractivity contribution in [3.63, 3.8) is 0 Å². The maximum absolute atomic E-state index is 12.6. The van der Waals surface area contributed by atoms with Gasteiger partial charge in [0, 0.05) is 34.6 Å². The van der Waals surface area contributed by atoms with Crippen molar-refractivity contribution in [2.24, 2.45) is 0 Å². The molecule has 0 fully saturated rings. The van der Waals surface area contributed by atoms with Gasteiger partial charge >= 0.3 is 5.63 Å². The molecule has 2 aromatic heterocycles. The summed E-state index contributed by atoms with van der Waals surface area (Å²) in [5.74, 6) is -0.380. The minimum Gasteiger partial charge on any atom is -0.422 e. The maximum Gasteiger partial charge on any atom is 0.347 e. The number of hydrogen-bond acceptors (Lipinski definition) is 3. The van der Waals surface area contributed by atoms with E-state index in [9.17, 15) is 9.59 Å². The summed E-state index contributed by atoms with van der Waals surface area (Å²) < 4.78 is 7.31. The Morgan fingerprint density at radius 2 is 1.89 bits per heavy atom. The first-order valence-corrected chi connectivity index (χ1v) is 8.61. The van der Waals surface area contributed by atoms with Crippen LogP contribution in [0.2, 0.25) is 0 Å². The van der Waals surface area contributed by atoms with E-state index in [4.69, 9.17) is 4.42 Å². The zero-order chi connectivity index (χ0) is 18.8. The van der Waals surface area contributed by atoms with Crippen LogP contribution < -0.4 is 5.63 Å². The maximum atomic E-state index is 12.6. The van der Waals surface area contributed by atoms with E-state index >= 15 is 0 Å². The Labute approximate surface area is 155 Å². The van der Waals surface area contributed by atoms with Crippen LogP contribution in [0.1, 0.15) is 15.9 Å². The fraction of sp³-hybridized carbons (Fsp3) is 0.0435. The molecule has 4 heteroatoms. The van der Waals surface area contributed by atoms with Gasteiger partial charge in [-0.2, -0.15) is 0 Å². The third kappa shape index (κ3) is 3.13. The molecule has 4 rings (SSSR count). The minimum absolute atomic E-state index is 0.0276. The highest BCUT2D eigenvalue weighted by Gasteiger charge is 2.12. The quantitative estimate of drug-likeness (QED) is 0.223. The number of nitrogens with zero attached hydrogens (tertiary/aromatic N) is 1. The molecular formula is C23H17NO3. The second kappa shape index (κ2) is 6.92. The first-order chi connectivity index (χ1) is 13.2. The van der Waals surface area contributed by atoms with Crippen LogP contribution in [0.25, 0.3) is 27.9 Å². The molecule has 0 N–H and O–H groups in total. The summed E-state index contributed by atoms with van der Waals surface area (Å²) in [4.78, 5) is 24.7. The molecule has 0 spiro atoms. The molecule has 132 valence electrons. The number of rotatable bonds is 5. The summed E-state index contributed by atoms with van der Waals surface area (Å²) in [6.07, 6.45) is 6.95. The number of fused-ring (bicyclic) bond motifs is 2. The summed E-state index contributed by atoms with van der Waals surface area (Å²) >= 11 is 0. The Hall–Kier alpha value is -3.66. The molecule has 0 bridgehead atoms. The van der Waals surface area contributed by atoms with Crippen molar-refractivity contribution in [3.8, 4) is 0 Å². The zero-order valence-corrected chi connectivity index (χ0v) is 14.6. The van der Waals surface area contributed by atoms with Gasteiger partial charge in [0.15, 0.2) is 5.78 Å². The van der Waals surface area contributed by atoms with E-state index in [0.29, 0.717) is 12.1 Å². The molecule has 0 aliphatic heterocycles. The van der Waals surface area contributed by atoms with Crippen LogP contribution in [0.15, 0.2) is 88.7 Å². The smallest absolute Gasteiger partial charge is 0.347 e. The zero-order valence-electron chi connectivity index (χ0n) is 14.6. The van der Waals surface area contributed by atoms with Gasteiger partial charge in [0.05, 0.1) is 0 Å². The first-order valence-electron chi connectivity index (χ1n) is 8.61. The standard InChI is InChI=1S/C23H17NO3/c1-2-13-24-15-17(18-8-4-5-9-20(18)24)11-12-21(25)19-14-16-7-3-6-10-22(16)27-23(19)26/h2-12,14-15H,1,13H2/b12-11+. The Kier molecular flexibility index (Phi) is 4.30. The molecule has 0 aliphatic carbocycles. The highest BCUT2D eigenvalue weighted by molar-refractivity contribution is 6.08. The average molecular weight is 355 g/mol. The molecule has 0 aliphatic rings. The molecule has 27 heavy (non-hydrogen) atoms. The van der Waals surface area contributed by atoms with E-state index in [1.54, 1.807) is 24.3 Å². The SMILES string of the molecule is C=CCn1cc(/C=C/C(=O)c2cc3ccccc3oc2=O)c2ccccc21. The molecule has 4 nitrogen and oxygen atoms in total. The van der Waals surface area contributed by atoms with Crippen LogP contribution in [0.3, 0.4) is 0 Å². The van der Waals surface area contributed by atoms with Gasteiger partial charge in [0.1, 0.15) is 11.1 Å². The first kappa shape index (κ1) is 16.8. The lowest BCUT2D eigenvalue weighted by Gasteiger charge is -1.98. The Morgan fingerprint density at radius 3 is 2.74 bits per heavy atom. The van der Waals surface area contributed by atoms with Crippen LogP contribution in [-0.2, 0) is 6.54 Å². The van der Waals surface area contributed by atoms with E-state index in [1.807, 2.05) is 48.7 Å². The average Bonchev–Trinajstić information content (AvgIpc) is 3.04. The molecule has 0 radical (unpaired) electrons. The van der Waals surface area contributed by atoms with Gasteiger partial charge in [0.25, 0.3) is 0 Å². The summed E-state index contributed by atoms with van der Waals surface area (Å²) in [5.41, 5.74) is 1.84. The molecule has 0 saturated heterocycles.